The van der Waals surface area contributed by atoms with Crippen LogP contribution in [0.3, 0.4) is 0 Å². The minimum atomic E-state index is 0.333. The van der Waals surface area contributed by atoms with Crippen LogP contribution in [0.5, 0.6) is 0 Å². The lowest BCUT2D eigenvalue weighted by Crippen LogP contribution is -2.25. The second-order valence-electron chi connectivity index (χ2n) is 3.43. The van der Waals surface area contributed by atoms with Crippen LogP contribution in [0.2, 0.25) is 0 Å². The summed E-state index contributed by atoms with van der Waals surface area (Å²) >= 11 is 0. The van der Waals surface area contributed by atoms with Gasteiger partial charge in [-0.25, -0.2) is 0 Å². The Balaban J connectivity index is 3.37. The van der Waals surface area contributed by atoms with Crippen LogP contribution in [0.1, 0.15) is 33.6 Å². The van der Waals surface area contributed by atoms with Gasteiger partial charge in [-0.15, -0.1) is 0 Å². The minimum absolute atomic E-state index is 0.333. The molecule has 1 unspecified atom stereocenters. The number of rotatable bonds is 7. The fourth-order valence-electron chi connectivity index (χ4n) is 1.31. The van der Waals surface area contributed by atoms with Crippen LogP contribution in [0.4, 0.5) is 0 Å². The van der Waals surface area contributed by atoms with Crippen LogP contribution >= 0.6 is 0 Å². The van der Waals surface area contributed by atoms with Gasteiger partial charge in [0.1, 0.15) is 0 Å². The first-order valence-electron chi connectivity index (χ1n) is 5.07. The van der Waals surface area contributed by atoms with Crippen molar-refractivity contribution in [1.29, 1.82) is 0 Å². The molecule has 0 saturated carbocycles. The Bertz CT molecular complexity index is 91.8. The molecule has 1 atom stereocenters. The smallest absolute Gasteiger partial charge is 0.0433 e. The van der Waals surface area contributed by atoms with E-state index < -0.39 is 0 Å². The third-order valence-corrected chi connectivity index (χ3v) is 2.45. The number of aliphatic hydroxyl groups excluding tert-OH is 1. The summed E-state index contributed by atoms with van der Waals surface area (Å²) in [5, 5.41) is 8.70. The minimum Gasteiger partial charge on any atom is -0.396 e. The summed E-state index contributed by atoms with van der Waals surface area (Å²) in [4.78, 5) is 2.42. The topological polar surface area (TPSA) is 23.5 Å². The summed E-state index contributed by atoms with van der Waals surface area (Å²) in [5.74, 6) is 0.663. The zero-order chi connectivity index (χ0) is 9.40. The molecule has 74 valence electrons. The summed E-state index contributed by atoms with van der Waals surface area (Å²) in [5.41, 5.74) is 0. The Morgan fingerprint density at radius 3 is 2.17 bits per heavy atom. The summed E-state index contributed by atoms with van der Waals surface area (Å²) in [6.07, 6.45) is 2.16. The van der Waals surface area contributed by atoms with Gasteiger partial charge in [0.05, 0.1) is 0 Å². The fourth-order valence-corrected chi connectivity index (χ4v) is 1.31. The van der Waals surface area contributed by atoms with Gasteiger partial charge in [0.2, 0.25) is 0 Å². The van der Waals surface area contributed by atoms with Crippen molar-refractivity contribution < 1.29 is 5.11 Å². The third-order valence-electron chi connectivity index (χ3n) is 2.45. The second kappa shape index (κ2) is 7.56. The van der Waals surface area contributed by atoms with E-state index in [9.17, 15) is 0 Å². The lowest BCUT2D eigenvalue weighted by Gasteiger charge is -2.19. The molecule has 0 aromatic carbocycles. The van der Waals surface area contributed by atoms with Gasteiger partial charge in [0.25, 0.3) is 0 Å². The molecule has 0 spiro atoms. The first-order valence-corrected chi connectivity index (χ1v) is 5.07. The lowest BCUT2D eigenvalue weighted by molar-refractivity contribution is 0.235. The molecule has 0 heterocycles. The van der Waals surface area contributed by atoms with E-state index >= 15 is 0 Å². The zero-order valence-electron chi connectivity index (χ0n) is 8.71. The number of hydrogen-bond acceptors (Lipinski definition) is 2. The van der Waals surface area contributed by atoms with Gasteiger partial charge in [-0.1, -0.05) is 20.8 Å². The molecule has 0 aliphatic heterocycles. The van der Waals surface area contributed by atoms with Gasteiger partial charge in [-0.2, -0.15) is 0 Å². The van der Waals surface area contributed by atoms with Crippen LogP contribution in [-0.2, 0) is 0 Å². The number of nitrogens with zero attached hydrogens (tertiary/aromatic N) is 1. The van der Waals surface area contributed by atoms with Gasteiger partial charge in [0.15, 0.2) is 0 Å². The summed E-state index contributed by atoms with van der Waals surface area (Å²) < 4.78 is 0. The quantitative estimate of drug-likeness (QED) is 0.634. The molecular formula is C10H23NO. The molecule has 0 aliphatic rings. The Hall–Kier alpha value is -0.0800. The van der Waals surface area contributed by atoms with Crippen molar-refractivity contribution in [2.75, 3.05) is 26.2 Å². The fraction of sp³-hybridized carbons (Fsp3) is 1.00. The Labute approximate surface area is 76.6 Å². The molecule has 0 aliphatic carbocycles. The molecule has 0 saturated heterocycles. The Morgan fingerprint density at radius 2 is 1.75 bits per heavy atom. The maximum atomic E-state index is 8.70. The van der Waals surface area contributed by atoms with E-state index in [0.717, 1.165) is 19.5 Å². The predicted molar refractivity (Wildman–Crippen MR) is 53.3 cm³/mol. The van der Waals surface area contributed by atoms with Crippen molar-refractivity contribution in [3.8, 4) is 0 Å². The molecule has 1 N–H and O–H groups in total. The molecule has 0 fully saturated rings. The summed E-state index contributed by atoms with van der Waals surface area (Å²) in [6, 6.07) is 0. The SMILES string of the molecule is CCN(CC)CCC(C)CCO. The maximum Gasteiger partial charge on any atom is 0.0433 e. The second-order valence-corrected chi connectivity index (χ2v) is 3.43. The highest BCUT2D eigenvalue weighted by atomic mass is 16.3. The Morgan fingerprint density at radius 1 is 1.17 bits per heavy atom. The molecule has 2 nitrogen and oxygen atoms in total. The highest BCUT2D eigenvalue weighted by Gasteiger charge is 2.03. The van der Waals surface area contributed by atoms with Crippen molar-refractivity contribution in [2.24, 2.45) is 5.92 Å². The lowest BCUT2D eigenvalue weighted by atomic mass is 10.0. The largest absolute Gasteiger partial charge is 0.396 e. The number of hydrogen-bond donors (Lipinski definition) is 1. The van der Waals surface area contributed by atoms with Crippen molar-refractivity contribution >= 4 is 0 Å². The Kier molecular flexibility index (Phi) is 7.51. The average molecular weight is 173 g/mol. The van der Waals surface area contributed by atoms with Crippen molar-refractivity contribution in [2.45, 2.75) is 33.6 Å². The first-order chi connectivity index (χ1) is 5.74. The van der Waals surface area contributed by atoms with E-state index in [-0.39, 0.29) is 0 Å². The standard InChI is InChI=1S/C10H23NO/c1-4-11(5-2)8-6-10(3)7-9-12/h10,12H,4-9H2,1-3H3. The summed E-state index contributed by atoms with van der Waals surface area (Å²) in [7, 11) is 0. The van der Waals surface area contributed by atoms with Crippen molar-refractivity contribution in [3.63, 3.8) is 0 Å². The van der Waals surface area contributed by atoms with E-state index in [2.05, 4.69) is 25.7 Å². The third kappa shape index (κ3) is 5.56. The van der Waals surface area contributed by atoms with E-state index in [0.29, 0.717) is 12.5 Å². The highest BCUT2D eigenvalue weighted by molar-refractivity contribution is 4.57. The molecule has 0 aromatic heterocycles. The average Bonchev–Trinajstić information content (AvgIpc) is 2.07. The first kappa shape index (κ1) is 11.9. The molecule has 12 heavy (non-hydrogen) atoms. The molecule has 0 rings (SSSR count). The zero-order valence-corrected chi connectivity index (χ0v) is 8.71. The van der Waals surface area contributed by atoms with Gasteiger partial charge < -0.3 is 10.0 Å². The van der Waals surface area contributed by atoms with Gasteiger partial charge in [-0.3, -0.25) is 0 Å². The molecule has 0 amide bonds. The van der Waals surface area contributed by atoms with Crippen LogP contribution in [0, 0.1) is 5.92 Å². The van der Waals surface area contributed by atoms with Gasteiger partial charge >= 0.3 is 0 Å². The highest BCUT2D eigenvalue weighted by Crippen LogP contribution is 2.07. The molecular weight excluding hydrogens is 150 g/mol. The molecule has 0 radical (unpaired) electrons. The summed E-state index contributed by atoms with van der Waals surface area (Å²) in [6.45, 7) is 10.4. The van der Waals surface area contributed by atoms with E-state index in [1.165, 1.54) is 13.0 Å². The molecule has 0 aromatic rings. The van der Waals surface area contributed by atoms with E-state index in [1.807, 2.05) is 0 Å². The van der Waals surface area contributed by atoms with Crippen molar-refractivity contribution in [3.05, 3.63) is 0 Å². The van der Waals surface area contributed by atoms with Crippen LogP contribution in [-0.4, -0.2) is 36.2 Å². The van der Waals surface area contributed by atoms with E-state index in [4.69, 9.17) is 5.11 Å². The van der Waals surface area contributed by atoms with Crippen molar-refractivity contribution in [1.82, 2.24) is 4.90 Å². The van der Waals surface area contributed by atoms with Crippen LogP contribution in [0.25, 0.3) is 0 Å². The van der Waals surface area contributed by atoms with Gasteiger partial charge in [-0.05, 0) is 38.4 Å². The normalized spacial score (nSPS) is 13.8. The van der Waals surface area contributed by atoms with Gasteiger partial charge in [0, 0.05) is 6.61 Å². The predicted octanol–water partition coefficient (Wildman–Crippen LogP) is 1.74. The van der Waals surface area contributed by atoms with E-state index in [1.54, 1.807) is 0 Å². The van der Waals surface area contributed by atoms with Crippen LogP contribution in [0.15, 0.2) is 0 Å². The number of aliphatic hydroxyl groups is 1. The molecule has 0 bridgehead atoms. The van der Waals surface area contributed by atoms with Crippen LogP contribution < -0.4 is 0 Å². The monoisotopic (exact) mass is 173 g/mol. The maximum absolute atomic E-state index is 8.70. The molecule has 2 heteroatoms.